The van der Waals surface area contributed by atoms with Crippen molar-refractivity contribution in [2.75, 3.05) is 6.61 Å². The summed E-state index contributed by atoms with van der Waals surface area (Å²) in [6, 6.07) is 11.7. The largest absolute Gasteiger partial charge is 0.508 e. The highest BCUT2D eigenvalue weighted by molar-refractivity contribution is 6.02. The second-order valence-corrected chi connectivity index (χ2v) is 8.22. The molecule has 0 bridgehead atoms. The van der Waals surface area contributed by atoms with Crippen molar-refractivity contribution < 1.29 is 54.4 Å². The molecule has 0 amide bonds. The second kappa shape index (κ2) is 10.0. The number of aliphatic hydroxyl groups excluding tert-OH is 4. The summed E-state index contributed by atoms with van der Waals surface area (Å²) in [5.74, 6) is -3.12. The number of phenols is 1. The molecule has 7 atom stereocenters. The van der Waals surface area contributed by atoms with Crippen LogP contribution in [0.25, 0.3) is 6.08 Å². The Labute approximate surface area is 199 Å². The first kappa shape index (κ1) is 24.6. The van der Waals surface area contributed by atoms with Crippen molar-refractivity contribution in [1.82, 2.24) is 0 Å². The zero-order chi connectivity index (χ0) is 25.3. The van der Waals surface area contributed by atoms with Gasteiger partial charge in [-0.05, 0) is 41.5 Å². The van der Waals surface area contributed by atoms with Crippen molar-refractivity contribution in [2.24, 2.45) is 5.92 Å². The van der Waals surface area contributed by atoms with Gasteiger partial charge in [-0.15, -0.1) is 0 Å². The zero-order valence-electron chi connectivity index (χ0n) is 18.2. The van der Waals surface area contributed by atoms with E-state index in [0.29, 0.717) is 11.1 Å². The van der Waals surface area contributed by atoms with Gasteiger partial charge in [0.2, 0.25) is 6.29 Å². The molecule has 0 aromatic heterocycles. The second-order valence-electron chi connectivity index (χ2n) is 8.22. The number of aliphatic carboxylic acids is 1. The maximum Gasteiger partial charge on any atom is 0.335 e. The Balaban J connectivity index is 1.53. The van der Waals surface area contributed by atoms with Crippen molar-refractivity contribution in [3.05, 3.63) is 65.2 Å². The molecule has 2 aromatic carbocycles. The van der Waals surface area contributed by atoms with E-state index in [1.165, 1.54) is 54.6 Å². The molecular formula is C24H24O11. The SMILES string of the molecule is O=C1O[C@@H](c2ccc(O[C@H]3O[C@@H](CO)[C@@H](O)[C@@H](O)[C@H]3O)cc2)[C@@H](C(=O)O)/C1=C/c1ccc(O)cc1. The predicted octanol–water partition coefficient (Wildman–Crippen LogP) is -0.0468. The van der Waals surface area contributed by atoms with Gasteiger partial charge in [0.05, 0.1) is 12.2 Å². The minimum atomic E-state index is -1.60. The summed E-state index contributed by atoms with van der Waals surface area (Å²) in [6.45, 7) is -0.604. The Morgan fingerprint density at radius 3 is 2.23 bits per heavy atom. The average molecular weight is 488 g/mol. The molecule has 0 spiro atoms. The fraction of sp³-hybridized carbons (Fsp3) is 0.333. The third kappa shape index (κ3) is 4.99. The molecule has 0 unspecified atom stereocenters. The monoisotopic (exact) mass is 488 g/mol. The van der Waals surface area contributed by atoms with Crippen LogP contribution >= 0.6 is 0 Å². The van der Waals surface area contributed by atoms with Gasteiger partial charge in [-0.25, -0.2) is 4.79 Å². The summed E-state index contributed by atoms with van der Waals surface area (Å²) in [6.07, 6.45) is -6.93. The summed E-state index contributed by atoms with van der Waals surface area (Å²) in [7, 11) is 0. The Morgan fingerprint density at radius 2 is 1.63 bits per heavy atom. The van der Waals surface area contributed by atoms with Crippen molar-refractivity contribution in [3.8, 4) is 11.5 Å². The first-order valence-electron chi connectivity index (χ1n) is 10.7. The maximum atomic E-state index is 12.5. The van der Waals surface area contributed by atoms with Crippen LogP contribution in [0.3, 0.4) is 0 Å². The molecule has 2 fully saturated rings. The smallest absolute Gasteiger partial charge is 0.335 e. The van der Waals surface area contributed by atoms with Gasteiger partial charge in [0.1, 0.15) is 47.9 Å². The van der Waals surface area contributed by atoms with Gasteiger partial charge < -0.3 is 44.8 Å². The number of ether oxygens (including phenoxy) is 3. The van der Waals surface area contributed by atoms with Crippen LogP contribution in [0.4, 0.5) is 0 Å². The maximum absolute atomic E-state index is 12.5. The van der Waals surface area contributed by atoms with E-state index < -0.39 is 61.3 Å². The summed E-state index contributed by atoms with van der Waals surface area (Å²) < 4.78 is 16.2. The summed E-state index contributed by atoms with van der Waals surface area (Å²) >= 11 is 0. The number of carboxylic acid groups (broad SMARTS) is 1. The van der Waals surface area contributed by atoms with E-state index in [2.05, 4.69) is 0 Å². The fourth-order valence-electron chi connectivity index (χ4n) is 4.00. The van der Waals surface area contributed by atoms with Gasteiger partial charge >= 0.3 is 11.9 Å². The lowest BCUT2D eigenvalue weighted by Gasteiger charge is -2.39. The van der Waals surface area contributed by atoms with Crippen molar-refractivity contribution >= 4 is 18.0 Å². The zero-order valence-corrected chi connectivity index (χ0v) is 18.2. The number of rotatable bonds is 6. The van der Waals surface area contributed by atoms with E-state index >= 15 is 0 Å². The highest BCUT2D eigenvalue weighted by Gasteiger charge is 2.46. The Kier molecular flexibility index (Phi) is 7.05. The minimum Gasteiger partial charge on any atom is -0.508 e. The molecule has 2 heterocycles. The van der Waals surface area contributed by atoms with Gasteiger partial charge in [0.15, 0.2) is 0 Å². The molecule has 4 rings (SSSR count). The molecule has 2 aliphatic rings. The van der Waals surface area contributed by atoms with Gasteiger partial charge in [-0.3, -0.25) is 4.79 Å². The van der Waals surface area contributed by atoms with Crippen LogP contribution in [0.2, 0.25) is 0 Å². The van der Waals surface area contributed by atoms with Gasteiger partial charge in [0, 0.05) is 0 Å². The minimum absolute atomic E-state index is 0.0276. The van der Waals surface area contributed by atoms with Crippen molar-refractivity contribution in [1.29, 1.82) is 0 Å². The Morgan fingerprint density at radius 1 is 0.971 bits per heavy atom. The number of benzene rings is 2. The number of aliphatic hydroxyl groups is 4. The number of esters is 1. The Hall–Kier alpha value is -3.48. The highest BCUT2D eigenvalue weighted by atomic mass is 16.7. The van der Waals surface area contributed by atoms with Gasteiger partial charge in [-0.1, -0.05) is 24.3 Å². The van der Waals surface area contributed by atoms with Crippen molar-refractivity contribution in [2.45, 2.75) is 36.8 Å². The number of hydrogen-bond donors (Lipinski definition) is 6. The number of aromatic hydroxyl groups is 1. The van der Waals surface area contributed by atoms with E-state index in [1.807, 2.05) is 0 Å². The standard InChI is InChI=1S/C24H24O11/c25-10-16-18(27)19(28)20(29)24(34-16)33-14-7-3-12(4-8-14)21-17(22(30)31)15(23(32)35-21)9-11-1-5-13(26)6-2-11/h1-9,16-21,24-29H,10H2,(H,30,31)/b15-9-/t16-,17-,18+,19+,20+,21-,24-/m0/s1. The van der Waals surface area contributed by atoms with Crippen LogP contribution < -0.4 is 4.74 Å². The predicted molar refractivity (Wildman–Crippen MR) is 117 cm³/mol. The lowest BCUT2D eigenvalue weighted by atomic mass is 9.90. The average Bonchev–Trinajstić information content (AvgIpc) is 3.17. The van der Waals surface area contributed by atoms with E-state index in [-0.39, 0.29) is 17.1 Å². The molecule has 186 valence electrons. The van der Waals surface area contributed by atoms with Crippen LogP contribution in [-0.2, 0) is 19.1 Å². The summed E-state index contributed by atoms with van der Waals surface area (Å²) in [5, 5.41) is 58.4. The van der Waals surface area contributed by atoms with Crippen LogP contribution in [0, 0.1) is 5.92 Å². The first-order chi connectivity index (χ1) is 16.7. The third-order valence-corrected chi connectivity index (χ3v) is 5.90. The van der Waals surface area contributed by atoms with Gasteiger partial charge in [-0.2, -0.15) is 0 Å². The molecule has 2 aromatic rings. The molecule has 0 radical (unpaired) electrons. The third-order valence-electron chi connectivity index (χ3n) is 5.90. The topological polar surface area (TPSA) is 183 Å². The number of cyclic esters (lactones) is 1. The quantitative estimate of drug-likeness (QED) is 0.237. The first-order valence-corrected chi connectivity index (χ1v) is 10.7. The van der Waals surface area contributed by atoms with Crippen molar-refractivity contribution in [3.63, 3.8) is 0 Å². The number of carboxylic acids is 1. The number of hydrogen-bond acceptors (Lipinski definition) is 10. The van der Waals surface area contributed by atoms with E-state index in [4.69, 9.17) is 14.2 Å². The molecule has 0 aliphatic carbocycles. The molecule has 0 saturated carbocycles. The molecule has 11 nitrogen and oxygen atoms in total. The summed E-state index contributed by atoms with van der Waals surface area (Å²) in [5.41, 5.74) is 0.848. The van der Waals surface area contributed by atoms with E-state index in [9.17, 15) is 40.2 Å². The molecular weight excluding hydrogens is 464 g/mol. The van der Waals surface area contributed by atoms with Crippen LogP contribution in [-0.4, -0.2) is 79.9 Å². The molecule has 2 aliphatic heterocycles. The van der Waals surface area contributed by atoms with Crippen LogP contribution in [0.15, 0.2) is 54.1 Å². The van der Waals surface area contributed by atoms with Gasteiger partial charge in [0.25, 0.3) is 0 Å². The fourth-order valence-corrected chi connectivity index (χ4v) is 4.00. The van der Waals surface area contributed by atoms with Crippen LogP contribution in [0.5, 0.6) is 11.5 Å². The molecule has 6 N–H and O–H groups in total. The lowest BCUT2D eigenvalue weighted by molar-refractivity contribution is -0.277. The normalized spacial score (nSPS) is 31.8. The Bertz CT molecular complexity index is 1090. The highest BCUT2D eigenvalue weighted by Crippen LogP contribution is 2.40. The summed E-state index contributed by atoms with van der Waals surface area (Å²) in [4.78, 5) is 24.5. The van der Waals surface area contributed by atoms with Crippen LogP contribution in [0.1, 0.15) is 17.2 Å². The molecule has 11 heteroatoms. The number of carbonyl (C=O) groups is 2. The molecule has 2 saturated heterocycles. The molecule has 35 heavy (non-hydrogen) atoms. The van der Waals surface area contributed by atoms with E-state index in [0.717, 1.165) is 0 Å². The number of phenolic OH excluding ortho intramolecular Hbond substituents is 1. The lowest BCUT2D eigenvalue weighted by Crippen LogP contribution is -2.60. The van der Waals surface area contributed by atoms with E-state index in [1.54, 1.807) is 0 Å². The number of carbonyl (C=O) groups excluding carboxylic acids is 1.